The molecule has 8 heteroatoms. The molecule has 27 heavy (non-hydrogen) atoms. The van der Waals surface area contributed by atoms with Crippen LogP contribution < -0.4 is 4.31 Å². The van der Waals surface area contributed by atoms with E-state index in [4.69, 9.17) is 0 Å². The van der Waals surface area contributed by atoms with Gasteiger partial charge < -0.3 is 0 Å². The lowest BCUT2D eigenvalue weighted by Crippen LogP contribution is -2.30. The number of nitro benzene ring substituents is 1. The zero-order valence-corrected chi connectivity index (χ0v) is 14.8. The van der Waals surface area contributed by atoms with Crippen molar-refractivity contribution in [1.29, 1.82) is 0 Å². The van der Waals surface area contributed by atoms with Crippen molar-refractivity contribution in [3.63, 3.8) is 0 Å². The Morgan fingerprint density at radius 2 is 1.59 bits per heavy atom. The fourth-order valence-corrected chi connectivity index (χ4v) is 4.03. The number of benzene rings is 3. The molecule has 3 rings (SSSR count). The molecule has 138 valence electrons. The SMILES string of the molecule is O=[N+]([O-])c1cccc(CN(c2ccccc2)S(=O)(=O)c2ccc(F)cc2)c1. The summed E-state index contributed by atoms with van der Waals surface area (Å²) in [4.78, 5) is 10.4. The first-order valence-electron chi connectivity index (χ1n) is 7.94. The normalized spacial score (nSPS) is 11.1. The maximum atomic E-state index is 13.2. The quantitative estimate of drug-likeness (QED) is 0.471. The van der Waals surface area contributed by atoms with Crippen LogP contribution in [0.4, 0.5) is 15.8 Å². The van der Waals surface area contributed by atoms with Gasteiger partial charge in [-0.15, -0.1) is 0 Å². The monoisotopic (exact) mass is 386 g/mol. The van der Waals surface area contributed by atoms with E-state index < -0.39 is 20.8 Å². The Bertz CT molecular complexity index is 1050. The molecule has 0 atom stereocenters. The summed E-state index contributed by atoms with van der Waals surface area (Å²) in [6, 6.07) is 18.7. The molecule has 0 amide bonds. The van der Waals surface area contributed by atoms with Crippen LogP contribution >= 0.6 is 0 Å². The molecule has 0 aromatic heterocycles. The Labute approximate surface area is 155 Å². The van der Waals surface area contributed by atoms with Crippen LogP contribution in [0.3, 0.4) is 0 Å². The minimum Gasteiger partial charge on any atom is -0.262 e. The van der Waals surface area contributed by atoms with Gasteiger partial charge in [-0.05, 0) is 42.0 Å². The summed E-state index contributed by atoms with van der Waals surface area (Å²) in [5.74, 6) is -0.543. The Kier molecular flexibility index (Phi) is 5.18. The second-order valence-corrected chi connectivity index (χ2v) is 7.59. The number of halogens is 1. The predicted molar refractivity (Wildman–Crippen MR) is 99.3 cm³/mol. The lowest BCUT2D eigenvalue weighted by atomic mass is 10.2. The van der Waals surface area contributed by atoms with Gasteiger partial charge in [0.25, 0.3) is 15.7 Å². The first-order valence-corrected chi connectivity index (χ1v) is 9.38. The third kappa shape index (κ3) is 4.12. The molecule has 0 heterocycles. The molecular weight excluding hydrogens is 371 g/mol. The fraction of sp³-hybridized carbons (Fsp3) is 0.0526. The third-order valence-corrected chi connectivity index (χ3v) is 5.68. The van der Waals surface area contributed by atoms with E-state index in [1.165, 1.54) is 30.3 Å². The van der Waals surface area contributed by atoms with Crippen LogP contribution in [0.2, 0.25) is 0 Å². The smallest absolute Gasteiger partial charge is 0.262 e. The first kappa shape index (κ1) is 18.5. The van der Waals surface area contributed by atoms with Gasteiger partial charge in [0.1, 0.15) is 5.82 Å². The van der Waals surface area contributed by atoms with Gasteiger partial charge in [0.2, 0.25) is 0 Å². The molecule has 0 aliphatic rings. The molecule has 0 fully saturated rings. The molecule has 0 aliphatic carbocycles. The zero-order valence-electron chi connectivity index (χ0n) is 14.0. The first-order chi connectivity index (χ1) is 12.9. The van der Waals surface area contributed by atoms with Crippen LogP contribution in [0.5, 0.6) is 0 Å². The van der Waals surface area contributed by atoms with E-state index in [1.807, 2.05) is 0 Å². The Morgan fingerprint density at radius 1 is 0.926 bits per heavy atom. The molecule has 3 aromatic carbocycles. The molecule has 0 spiro atoms. The van der Waals surface area contributed by atoms with E-state index in [2.05, 4.69) is 0 Å². The number of hydrogen-bond acceptors (Lipinski definition) is 4. The average Bonchev–Trinajstić information content (AvgIpc) is 2.67. The highest BCUT2D eigenvalue weighted by molar-refractivity contribution is 7.92. The average molecular weight is 386 g/mol. The van der Waals surface area contributed by atoms with Crippen LogP contribution in [0.25, 0.3) is 0 Å². The topological polar surface area (TPSA) is 80.5 Å². The van der Waals surface area contributed by atoms with E-state index in [0.717, 1.165) is 16.4 Å². The third-order valence-electron chi connectivity index (χ3n) is 3.89. The number of rotatable bonds is 6. The number of anilines is 1. The van der Waals surface area contributed by atoms with Gasteiger partial charge in [-0.2, -0.15) is 0 Å². The van der Waals surface area contributed by atoms with Gasteiger partial charge >= 0.3 is 0 Å². The van der Waals surface area contributed by atoms with Crippen LogP contribution in [-0.4, -0.2) is 13.3 Å². The Balaban J connectivity index is 2.06. The van der Waals surface area contributed by atoms with Gasteiger partial charge in [0, 0.05) is 12.1 Å². The van der Waals surface area contributed by atoms with E-state index in [-0.39, 0.29) is 17.1 Å². The lowest BCUT2D eigenvalue weighted by Gasteiger charge is -2.24. The van der Waals surface area contributed by atoms with Crippen LogP contribution in [0.15, 0.2) is 83.8 Å². The number of nitro groups is 1. The second-order valence-electron chi connectivity index (χ2n) is 5.73. The molecule has 6 nitrogen and oxygen atoms in total. The molecule has 0 bridgehead atoms. The Morgan fingerprint density at radius 3 is 2.22 bits per heavy atom. The van der Waals surface area contributed by atoms with E-state index in [9.17, 15) is 22.9 Å². The summed E-state index contributed by atoms with van der Waals surface area (Å²) in [5, 5.41) is 11.0. The number of para-hydroxylation sites is 1. The number of nitrogens with zero attached hydrogens (tertiary/aromatic N) is 2. The standard InChI is InChI=1S/C19H15FN2O4S/c20-16-9-11-19(12-10-16)27(25,26)21(17-6-2-1-3-7-17)14-15-5-4-8-18(13-15)22(23)24/h1-13H,14H2. The van der Waals surface area contributed by atoms with Crippen molar-refractivity contribution in [2.75, 3.05) is 4.31 Å². The number of non-ortho nitro benzene ring substituents is 1. The van der Waals surface area contributed by atoms with E-state index in [1.54, 1.807) is 36.4 Å². The van der Waals surface area contributed by atoms with Crippen molar-refractivity contribution in [1.82, 2.24) is 0 Å². The highest BCUT2D eigenvalue weighted by Gasteiger charge is 2.25. The van der Waals surface area contributed by atoms with Gasteiger partial charge in [0.15, 0.2) is 0 Å². The second kappa shape index (κ2) is 7.55. The molecule has 3 aromatic rings. The fourth-order valence-electron chi connectivity index (χ4n) is 2.58. The van der Waals surface area contributed by atoms with Crippen LogP contribution in [0, 0.1) is 15.9 Å². The van der Waals surface area contributed by atoms with Crippen molar-refractivity contribution in [3.05, 3.63) is 100 Å². The lowest BCUT2D eigenvalue weighted by molar-refractivity contribution is -0.384. The summed E-state index contributed by atoms with van der Waals surface area (Å²) in [6.07, 6.45) is 0. The van der Waals surface area contributed by atoms with Crippen molar-refractivity contribution in [2.45, 2.75) is 11.4 Å². The molecular formula is C19H15FN2O4S. The minimum absolute atomic E-state index is 0.0711. The predicted octanol–water partition coefficient (Wildman–Crippen LogP) is 4.13. The summed E-state index contributed by atoms with van der Waals surface area (Å²) >= 11 is 0. The maximum Gasteiger partial charge on any atom is 0.269 e. The molecule has 0 saturated heterocycles. The largest absolute Gasteiger partial charge is 0.269 e. The molecule has 0 unspecified atom stereocenters. The zero-order chi connectivity index (χ0) is 19.4. The summed E-state index contributed by atoms with van der Waals surface area (Å²) in [7, 11) is -4.01. The highest BCUT2D eigenvalue weighted by Crippen LogP contribution is 2.27. The molecule has 0 radical (unpaired) electrons. The van der Waals surface area contributed by atoms with Gasteiger partial charge in [-0.25, -0.2) is 12.8 Å². The molecule has 0 N–H and O–H groups in total. The minimum atomic E-state index is -4.01. The summed E-state index contributed by atoms with van der Waals surface area (Å²) in [5.41, 5.74) is 0.728. The number of hydrogen-bond donors (Lipinski definition) is 0. The molecule has 0 saturated carbocycles. The van der Waals surface area contributed by atoms with Crippen LogP contribution in [0.1, 0.15) is 5.56 Å². The maximum absolute atomic E-state index is 13.2. The highest BCUT2D eigenvalue weighted by atomic mass is 32.2. The van der Waals surface area contributed by atoms with Gasteiger partial charge in [-0.3, -0.25) is 14.4 Å². The van der Waals surface area contributed by atoms with Crippen molar-refractivity contribution in [3.8, 4) is 0 Å². The van der Waals surface area contributed by atoms with Gasteiger partial charge in [0.05, 0.1) is 22.1 Å². The molecule has 0 aliphatic heterocycles. The number of sulfonamides is 1. The summed E-state index contributed by atoms with van der Waals surface area (Å²) < 4.78 is 40.6. The summed E-state index contributed by atoms with van der Waals surface area (Å²) in [6.45, 7) is -0.106. The Hall–Kier alpha value is -3.26. The van der Waals surface area contributed by atoms with Crippen LogP contribution in [-0.2, 0) is 16.6 Å². The van der Waals surface area contributed by atoms with Crippen molar-refractivity contribution < 1.29 is 17.7 Å². The van der Waals surface area contributed by atoms with Crippen molar-refractivity contribution in [2.24, 2.45) is 0 Å². The van der Waals surface area contributed by atoms with Crippen molar-refractivity contribution >= 4 is 21.4 Å². The van der Waals surface area contributed by atoms with Gasteiger partial charge in [-0.1, -0.05) is 30.3 Å². The van der Waals surface area contributed by atoms with E-state index >= 15 is 0 Å². The van der Waals surface area contributed by atoms with E-state index in [0.29, 0.717) is 11.3 Å².